The molecule has 4 aromatic rings. The van der Waals surface area contributed by atoms with Gasteiger partial charge in [-0.2, -0.15) is 0 Å². The Morgan fingerprint density at radius 1 is 0.886 bits per heavy atom. The molecule has 1 aromatic heterocycles. The van der Waals surface area contributed by atoms with E-state index in [0.29, 0.717) is 5.56 Å². The summed E-state index contributed by atoms with van der Waals surface area (Å²) in [6, 6.07) is 11.2. The maximum Gasteiger partial charge on any atom is 0.331 e. The van der Waals surface area contributed by atoms with Crippen LogP contribution < -0.4 is 10.2 Å². The number of aliphatic hydroxyl groups excluding tert-OH is 3. The minimum atomic E-state index is -1.96. The van der Waals surface area contributed by atoms with Crippen molar-refractivity contribution in [3.8, 4) is 45.8 Å². The average molecular weight is 611 g/mol. The van der Waals surface area contributed by atoms with Gasteiger partial charge in [-0.3, -0.25) is 4.79 Å². The molecule has 2 heterocycles. The smallest absolute Gasteiger partial charge is 0.331 e. The normalized spacial score (nSPS) is 21.8. The van der Waals surface area contributed by atoms with E-state index in [4.69, 9.17) is 18.6 Å². The van der Waals surface area contributed by atoms with Crippen molar-refractivity contribution in [2.75, 3.05) is 6.61 Å². The van der Waals surface area contributed by atoms with Crippen LogP contribution in [-0.4, -0.2) is 84.1 Å². The number of phenols is 5. The number of esters is 1. The van der Waals surface area contributed by atoms with Crippen molar-refractivity contribution < 1.29 is 64.3 Å². The molecule has 1 aliphatic heterocycles. The van der Waals surface area contributed by atoms with Gasteiger partial charge in [0.15, 0.2) is 29.5 Å². The highest BCUT2D eigenvalue weighted by molar-refractivity contribution is 5.89. The molecular weight excluding hydrogens is 584 g/mol. The van der Waals surface area contributed by atoms with Gasteiger partial charge in [-0.15, -0.1) is 0 Å². The van der Waals surface area contributed by atoms with Crippen LogP contribution in [0.1, 0.15) is 5.56 Å². The fourth-order valence-corrected chi connectivity index (χ4v) is 4.60. The number of fused-ring (bicyclic) bond motifs is 1. The Balaban J connectivity index is 1.52. The van der Waals surface area contributed by atoms with E-state index in [9.17, 15) is 50.4 Å². The predicted molar refractivity (Wildman–Crippen MR) is 150 cm³/mol. The molecule has 14 heteroatoms. The molecule has 3 aromatic carbocycles. The summed E-state index contributed by atoms with van der Waals surface area (Å²) in [4.78, 5) is 26.2. The molecule has 14 nitrogen and oxygen atoms in total. The number of carbonyl (C=O) groups excluding carboxylic acids is 1. The zero-order valence-electron chi connectivity index (χ0n) is 22.5. The standard InChI is InChI=1S/C30H26O14/c31-12-21-24(38)28(43-22(37)7-4-13-2-1-3-15(32)8-13)26(40)30(42-21)44-29-25(39)23-19(36)10-16(33)11-20(23)41-27(29)14-5-6-17(34)18(35)9-14/h1-11,21,24,26,28,30-36,38,40H,12H2/t21-,24-,26-,28-,30-/m1/s1. The molecule has 44 heavy (non-hydrogen) atoms. The number of carbonyl (C=O) groups is 1. The molecule has 0 radical (unpaired) electrons. The third-order valence-electron chi connectivity index (χ3n) is 6.75. The second-order valence-corrected chi connectivity index (χ2v) is 9.79. The third kappa shape index (κ3) is 5.95. The summed E-state index contributed by atoms with van der Waals surface area (Å²) in [5.74, 6) is -4.38. The van der Waals surface area contributed by atoms with Crippen LogP contribution in [0.2, 0.25) is 0 Å². The monoisotopic (exact) mass is 610 g/mol. The quantitative estimate of drug-likeness (QED) is 0.0840. The second-order valence-electron chi connectivity index (χ2n) is 9.79. The highest BCUT2D eigenvalue weighted by Gasteiger charge is 2.48. The number of aromatic hydroxyl groups is 5. The summed E-state index contributed by atoms with van der Waals surface area (Å²) in [5, 5.41) is 80.8. The van der Waals surface area contributed by atoms with Crippen LogP contribution >= 0.6 is 0 Å². The van der Waals surface area contributed by atoms with Gasteiger partial charge in [0.1, 0.15) is 40.4 Å². The van der Waals surface area contributed by atoms with Gasteiger partial charge in [-0.1, -0.05) is 12.1 Å². The maximum absolute atomic E-state index is 13.6. The summed E-state index contributed by atoms with van der Waals surface area (Å²) in [5.41, 5.74) is -0.893. The number of rotatable bonds is 7. The van der Waals surface area contributed by atoms with Crippen molar-refractivity contribution in [1.29, 1.82) is 0 Å². The molecule has 0 aliphatic carbocycles. The molecule has 8 N–H and O–H groups in total. The van der Waals surface area contributed by atoms with Crippen LogP contribution in [0.3, 0.4) is 0 Å². The maximum atomic E-state index is 13.6. The minimum absolute atomic E-state index is 0.0266. The van der Waals surface area contributed by atoms with Gasteiger partial charge < -0.3 is 59.5 Å². The first-order chi connectivity index (χ1) is 21.0. The van der Waals surface area contributed by atoms with Gasteiger partial charge in [0.2, 0.25) is 17.5 Å². The van der Waals surface area contributed by atoms with Crippen molar-refractivity contribution in [3.63, 3.8) is 0 Å². The van der Waals surface area contributed by atoms with E-state index in [2.05, 4.69) is 0 Å². The lowest BCUT2D eigenvalue weighted by molar-refractivity contribution is -0.280. The summed E-state index contributed by atoms with van der Waals surface area (Å²) in [6.07, 6.45) is -6.54. The van der Waals surface area contributed by atoms with Gasteiger partial charge in [-0.05, 0) is 42.0 Å². The van der Waals surface area contributed by atoms with Crippen molar-refractivity contribution >= 4 is 23.0 Å². The molecular formula is C30H26O14. The lowest BCUT2D eigenvalue weighted by atomic mass is 9.99. The number of phenolic OH excluding ortho intramolecular Hbond substituents is 5. The fraction of sp³-hybridized carbons (Fsp3) is 0.200. The van der Waals surface area contributed by atoms with Gasteiger partial charge in [0.05, 0.1) is 6.61 Å². The lowest BCUT2D eigenvalue weighted by Crippen LogP contribution is -2.61. The molecule has 230 valence electrons. The van der Waals surface area contributed by atoms with Crippen LogP contribution in [-0.2, 0) is 14.3 Å². The van der Waals surface area contributed by atoms with Crippen LogP contribution in [0, 0.1) is 0 Å². The highest BCUT2D eigenvalue weighted by atomic mass is 16.7. The summed E-state index contributed by atoms with van der Waals surface area (Å²) in [7, 11) is 0. The fourth-order valence-electron chi connectivity index (χ4n) is 4.60. The van der Waals surface area contributed by atoms with Crippen molar-refractivity contribution in [2.45, 2.75) is 30.7 Å². The molecule has 1 aliphatic rings. The lowest BCUT2D eigenvalue weighted by Gasteiger charge is -2.41. The predicted octanol–water partition coefficient (Wildman–Crippen LogP) is 1.43. The molecule has 1 saturated heterocycles. The highest BCUT2D eigenvalue weighted by Crippen LogP contribution is 2.39. The molecule has 0 spiro atoms. The van der Waals surface area contributed by atoms with Crippen LogP contribution in [0.25, 0.3) is 28.4 Å². The summed E-state index contributed by atoms with van der Waals surface area (Å²) in [6.45, 7) is -0.827. The first-order valence-electron chi connectivity index (χ1n) is 13.0. The van der Waals surface area contributed by atoms with E-state index in [1.54, 1.807) is 12.1 Å². The summed E-state index contributed by atoms with van der Waals surface area (Å²) >= 11 is 0. The number of ether oxygens (including phenoxy) is 3. The van der Waals surface area contributed by atoms with E-state index >= 15 is 0 Å². The van der Waals surface area contributed by atoms with Gasteiger partial charge in [0.25, 0.3) is 0 Å². The van der Waals surface area contributed by atoms with Crippen molar-refractivity contribution in [3.05, 3.63) is 76.5 Å². The number of hydrogen-bond donors (Lipinski definition) is 8. The Hall–Kier alpha value is -5.28. The Labute approximate surface area is 247 Å². The van der Waals surface area contributed by atoms with Gasteiger partial charge in [0, 0.05) is 23.8 Å². The molecule has 5 atom stereocenters. The summed E-state index contributed by atoms with van der Waals surface area (Å²) < 4.78 is 22.2. The Morgan fingerprint density at radius 2 is 1.66 bits per heavy atom. The van der Waals surface area contributed by atoms with E-state index in [1.165, 1.54) is 24.3 Å². The Kier molecular flexibility index (Phi) is 8.33. The number of aliphatic hydroxyl groups is 3. The SMILES string of the molecule is O=C(C=Cc1cccc(O)c1)O[C@H]1[C@@H](O)[C@@H](Oc2c(-c3ccc(O)c(O)c3)oc3cc(O)cc(O)c3c2=O)O[C@H](CO)[C@H]1O. The molecule has 0 amide bonds. The second kappa shape index (κ2) is 12.1. The van der Waals surface area contributed by atoms with Gasteiger partial charge in [-0.25, -0.2) is 4.79 Å². The molecule has 0 unspecified atom stereocenters. The molecule has 0 bridgehead atoms. The van der Waals surface area contributed by atoms with E-state index in [1.807, 2.05) is 0 Å². The Morgan fingerprint density at radius 3 is 2.36 bits per heavy atom. The largest absolute Gasteiger partial charge is 0.508 e. The molecule has 0 saturated carbocycles. The van der Waals surface area contributed by atoms with Crippen LogP contribution in [0.15, 0.2) is 69.9 Å². The molecule has 1 fully saturated rings. The number of benzene rings is 3. The van der Waals surface area contributed by atoms with E-state index in [-0.39, 0.29) is 16.9 Å². The Bertz CT molecular complexity index is 1800. The molecule has 5 rings (SSSR count). The first-order valence-corrected chi connectivity index (χ1v) is 13.0. The number of hydrogen-bond acceptors (Lipinski definition) is 14. The van der Waals surface area contributed by atoms with E-state index in [0.717, 1.165) is 30.3 Å². The topological polar surface area (TPSA) is 237 Å². The van der Waals surface area contributed by atoms with Gasteiger partial charge >= 0.3 is 5.97 Å². The first kappa shape index (κ1) is 30.2. The zero-order valence-corrected chi connectivity index (χ0v) is 22.5. The van der Waals surface area contributed by atoms with Crippen LogP contribution in [0.4, 0.5) is 0 Å². The average Bonchev–Trinajstić information content (AvgIpc) is 2.97. The van der Waals surface area contributed by atoms with E-state index < -0.39 is 88.6 Å². The third-order valence-corrected chi connectivity index (χ3v) is 6.75. The zero-order chi connectivity index (χ0) is 31.7. The van der Waals surface area contributed by atoms with Crippen molar-refractivity contribution in [1.82, 2.24) is 0 Å². The van der Waals surface area contributed by atoms with Crippen LogP contribution in [0.5, 0.6) is 34.5 Å². The minimum Gasteiger partial charge on any atom is -0.508 e. The van der Waals surface area contributed by atoms with Crippen molar-refractivity contribution in [2.24, 2.45) is 0 Å².